The first kappa shape index (κ1) is 25.2. The summed E-state index contributed by atoms with van der Waals surface area (Å²) < 4.78 is 19.3. The molecule has 3 aliphatic rings. The van der Waals surface area contributed by atoms with E-state index in [2.05, 4.69) is 22.0 Å². The highest BCUT2D eigenvalue weighted by molar-refractivity contribution is 8.16. The Morgan fingerprint density at radius 1 is 1.08 bits per heavy atom. The molecule has 37 heavy (non-hydrogen) atoms. The number of nitrogens with zero attached hydrogens (tertiary/aromatic N) is 4. The zero-order valence-electron chi connectivity index (χ0n) is 20.9. The number of carbonyl (C=O) groups is 2. The van der Waals surface area contributed by atoms with Gasteiger partial charge in [-0.2, -0.15) is 0 Å². The molecule has 0 saturated carbocycles. The zero-order valence-corrected chi connectivity index (χ0v) is 21.7. The van der Waals surface area contributed by atoms with E-state index in [-0.39, 0.29) is 12.3 Å². The average molecular weight is 521 g/mol. The van der Waals surface area contributed by atoms with Gasteiger partial charge in [0.2, 0.25) is 5.91 Å². The van der Waals surface area contributed by atoms with Crippen molar-refractivity contribution in [3.63, 3.8) is 0 Å². The predicted molar refractivity (Wildman–Crippen MR) is 142 cm³/mol. The van der Waals surface area contributed by atoms with Gasteiger partial charge in [-0.15, -0.1) is 0 Å². The maximum atomic E-state index is 14.2. The van der Waals surface area contributed by atoms with Gasteiger partial charge >= 0.3 is 5.97 Å². The van der Waals surface area contributed by atoms with Gasteiger partial charge < -0.3 is 14.5 Å². The monoisotopic (exact) mass is 520 g/mol. The number of aliphatic imine (C=N–C) groups is 1. The van der Waals surface area contributed by atoms with Gasteiger partial charge in [-0.1, -0.05) is 54.2 Å². The molecule has 9 heteroatoms. The summed E-state index contributed by atoms with van der Waals surface area (Å²) in [4.78, 5) is 36.9. The van der Waals surface area contributed by atoms with Crippen LogP contribution >= 0.6 is 11.8 Å². The Hall–Kier alpha value is -3.43. The van der Waals surface area contributed by atoms with E-state index in [9.17, 15) is 14.0 Å². The first-order chi connectivity index (χ1) is 17.9. The van der Waals surface area contributed by atoms with Crippen LogP contribution in [-0.4, -0.2) is 65.0 Å². The fourth-order valence-corrected chi connectivity index (χ4v) is 5.96. The van der Waals surface area contributed by atoms with Crippen molar-refractivity contribution in [2.75, 3.05) is 33.3 Å². The van der Waals surface area contributed by atoms with Crippen molar-refractivity contribution >= 4 is 28.8 Å². The Morgan fingerprint density at radius 2 is 1.84 bits per heavy atom. The standard InChI is InChI=1S/C28H29FN4O3S/c1-19-25(27(35)36-2)26(21-9-6-10-22(29)15-21)33-23(18-37-28(33)30-19)16-24(34)32-13-11-31(12-14-32)17-20-7-4-3-5-8-20/h3-10,15,18,26H,11-14,16-17H2,1-2H3. The van der Waals surface area contributed by atoms with Crippen molar-refractivity contribution in [1.29, 1.82) is 0 Å². The summed E-state index contributed by atoms with van der Waals surface area (Å²) in [6.07, 6.45) is 0.171. The molecule has 0 N–H and O–H groups in total. The number of esters is 1. The number of thioether (sulfide) groups is 1. The predicted octanol–water partition coefficient (Wildman–Crippen LogP) is 4.31. The molecule has 7 nitrogen and oxygen atoms in total. The molecule has 1 unspecified atom stereocenters. The minimum absolute atomic E-state index is 0.0244. The fraction of sp³-hybridized carbons (Fsp3) is 0.321. The number of carbonyl (C=O) groups excluding carboxylic acids is 2. The molecule has 0 bridgehead atoms. The molecule has 0 spiro atoms. The molecule has 0 aromatic heterocycles. The van der Waals surface area contributed by atoms with E-state index in [1.165, 1.54) is 36.6 Å². The number of amidine groups is 1. The second-order valence-corrected chi connectivity index (χ2v) is 10.1. The summed E-state index contributed by atoms with van der Waals surface area (Å²) in [6.45, 7) is 5.56. The lowest BCUT2D eigenvalue weighted by molar-refractivity contribution is -0.136. The fourth-order valence-electron chi connectivity index (χ4n) is 5.00. The van der Waals surface area contributed by atoms with E-state index < -0.39 is 17.8 Å². The van der Waals surface area contributed by atoms with Crippen LogP contribution in [0.1, 0.15) is 30.5 Å². The first-order valence-corrected chi connectivity index (χ1v) is 13.1. The van der Waals surface area contributed by atoms with E-state index in [1.807, 2.05) is 33.4 Å². The third kappa shape index (κ3) is 5.33. The Morgan fingerprint density at radius 3 is 2.54 bits per heavy atom. The minimum atomic E-state index is -0.632. The van der Waals surface area contributed by atoms with Crippen LogP contribution in [0.5, 0.6) is 0 Å². The molecular formula is C28H29FN4O3S. The van der Waals surface area contributed by atoms with E-state index in [0.29, 0.717) is 35.1 Å². The van der Waals surface area contributed by atoms with Gasteiger partial charge in [0.1, 0.15) is 5.82 Å². The molecule has 5 rings (SSSR count). The summed E-state index contributed by atoms with van der Waals surface area (Å²) in [5.74, 6) is -0.895. The molecule has 192 valence electrons. The number of hydrogen-bond donors (Lipinski definition) is 0. The summed E-state index contributed by atoms with van der Waals surface area (Å²) >= 11 is 1.41. The topological polar surface area (TPSA) is 65.5 Å². The smallest absolute Gasteiger partial charge is 0.338 e. The summed E-state index contributed by atoms with van der Waals surface area (Å²) in [6, 6.07) is 15.9. The van der Waals surface area contributed by atoms with Gasteiger partial charge in [0.05, 0.1) is 30.8 Å². The Balaban J connectivity index is 1.31. The molecule has 2 aromatic rings. The van der Waals surface area contributed by atoms with E-state index in [0.717, 1.165) is 25.3 Å². The lowest BCUT2D eigenvalue weighted by Crippen LogP contribution is -2.48. The summed E-state index contributed by atoms with van der Waals surface area (Å²) in [5.41, 5.74) is 3.47. The van der Waals surface area contributed by atoms with Gasteiger partial charge in [-0.25, -0.2) is 14.2 Å². The quantitative estimate of drug-likeness (QED) is 0.529. The van der Waals surface area contributed by atoms with Crippen LogP contribution in [0.4, 0.5) is 4.39 Å². The molecular weight excluding hydrogens is 491 g/mol. The van der Waals surface area contributed by atoms with Crippen LogP contribution < -0.4 is 0 Å². The van der Waals surface area contributed by atoms with Crippen molar-refractivity contribution < 1.29 is 18.7 Å². The number of allylic oxidation sites excluding steroid dienone is 1. The summed E-state index contributed by atoms with van der Waals surface area (Å²) in [5, 5.41) is 2.57. The Bertz CT molecular complexity index is 1290. The molecule has 1 saturated heterocycles. The number of fused-ring (bicyclic) bond motifs is 1. The van der Waals surface area contributed by atoms with Gasteiger partial charge in [0.25, 0.3) is 0 Å². The van der Waals surface area contributed by atoms with Crippen molar-refractivity contribution in [1.82, 2.24) is 14.7 Å². The number of amides is 1. The molecule has 1 fully saturated rings. The molecule has 3 heterocycles. The number of benzene rings is 2. The lowest BCUT2D eigenvalue weighted by Gasteiger charge is -2.38. The third-order valence-electron chi connectivity index (χ3n) is 6.88. The van der Waals surface area contributed by atoms with Gasteiger partial charge in [-0.3, -0.25) is 9.69 Å². The van der Waals surface area contributed by atoms with Crippen LogP contribution in [0.15, 0.2) is 82.0 Å². The second kappa shape index (κ2) is 10.9. The molecule has 1 atom stereocenters. The highest BCUT2D eigenvalue weighted by Crippen LogP contribution is 2.45. The van der Waals surface area contributed by atoms with E-state index in [4.69, 9.17) is 4.74 Å². The normalized spacial score (nSPS) is 19.9. The third-order valence-corrected chi connectivity index (χ3v) is 7.77. The maximum Gasteiger partial charge on any atom is 0.338 e. The van der Waals surface area contributed by atoms with Crippen LogP contribution in [0.3, 0.4) is 0 Å². The highest BCUT2D eigenvalue weighted by Gasteiger charge is 2.41. The number of hydrogen-bond acceptors (Lipinski definition) is 7. The first-order valence-electron chi connectivity index (χ1n) is 12.3. The number of methoxy groups -OCH3 is 1. The second-order valence-electron chi connectivity index (χ2n) is 9.26. The summed E-state index contributed by atoms with van der Waals surface area (Å²) in [7, 11) is 1.32. The lowest BCUT2D eigenvalue weighted by atomic mass is 9.93. The van der Waals surface area contributed by atoms with Gasteiger partial charge in [0.15, 0.2) is 5.17 Å². The Kier molecular flexibility index (Phi) is 7.43. The number of halogens is 1. The van der Waals surface area contributed by atoms with Crippen molar-refractivity contribution in [3.8, 4) is 0 Å². The van der Waals surface area contributed by atoms with E-state index in [1.54, 1.807) is 19.1 Å². The van der Waals surface area contributed by atoms with Crippen molar-refractivity contribution in [3.05, 3.63) is 93.9 Å². The van der Waals surface area contributed by atoms with Crippen LogP contribution in [0.2, 0.25) is 0 Å². The van der Waals surface area contributed by atoms with Gasteiger partial charge in [0, 0.05) is 38.4 Å². The SMILES string of the molecule is COC(=O)C1=C(C)N=C2SC=C(CC(=O)N3CCN(Cc4ccccc4)CC3)N2C1c1cccc(F)c1. The zero-order chi connectivity index (χ0) is 25.9. The molecule has 3 aliphatic heterocycles. The Labute approximate surface area is 220 Å². The molecule has 0 radical (unpaired) electrons. The largest absolute Gasteiger partial charge is 0.466 e. The van der Waals surface area contributed by atoms with Crippen LogP contribution in [0, 0.1) is 5.82 Å². The maximum absolute atomic E-state index is 14.2. The number of piperazine rings is 1. The van der Waals surface area contributed by atoms with Gasteiger partial charge in [-0.05, 0) is 35.6 Å². The number of ether oxygens (including phenoxy) is 1. The minimum Gasteiger partial charge on any atom is -0.466 e. The molecule has 2 aromatic carbocycles. The average Bonchev–Trinajstić information content (AvgIpc) is 3.30. The molecule has 1 amide bonds. The number of rotatable bonds is 6. The van der Waals surface area contributed by atoms with Crippen molar-refractivity contribution in [2.45, 2.75) is 25.9 Å². The van der Waals surface area contributed by atoms with Crippen molar-refractivity contribution in [2.24, 2.45) is 4.99 Å². The van der Waals surface area contributed by atoms with Crippen LogP contribution in [0.25, 0.3) is 0 Å². The van der Waals surface area contributed by atoms with E-state index >= 15 is 0 Å². The highest BCUT2D eigenvalue weighted by atomic mass is 32.2. The van der Waals surface area contributed by atoms with Crippen LogP contribution in [-0.2, 0) is 20.9 Å². The molecule has 0 aliphatic carbocycles.